The molecule has 36 heavy (non-hydrogen) atoms. The van der Waals surface area contributed by atoms with Crippen molar-refractivity contribution < 1.29 is 4.79 Å². The zero-order chi connectivity index (χ0) is 25.2. The van der Waals surface area contributed by atoms with Gasteiger partial charge in [0.2, 0.25) is 5.91 Å². The van der Waals surface area contributed by atoms with Crippen LogP contribution in [-0.4, -0.2) is 25.2 Å². The number of aryl methyl sites for hydroxylation is 1. The predicted octanol–water partition coefficient (Wildman–Crippen LogP) is 4.99. The Hall–Kier alpha value is -4.55. The Balaban J connectivity index is 1.51. The van der Waals surface area contributed by atoms with E-state index >= 15 is 0 Å². The largest absolute Gasteiger partial charge is 0.308 e. The molecule has 0 aliphatic rings. The molecule has 0 saturated heterocycles. The Kier molecular flexibility index (Phi) is 6.19. The maximum absolute atomic E-state index is 13.6. The first kappa shape index (κ1) is 23.2. The van der Waals surface area contributed by atoms with Gasteiger partial charge in [-0.05, 0) is 23.1 Å². The van der Waals surface area contributed by atoms with E-state index in [2.05, 4.69) is 27.5 Å². The SMILES string of the molecule is CCC(C(=O)Nc1c(C#N)cnn1C)n1cnc2scc(-c3ccc(-c4ccccc4)cc3)c2c1=O. The molecule has 1 unspecified atom stereocenters. The maximum Gasteiger partial charge on any atom is 0.263 e. The summed E-state index contributed by atoms with van der Waals surface area (Å²) in [4.78, 5) is 31.9. The molecule has 5 aromatic rings. The summed E-state index contributed by atoms with van der Waals surface area (Å²) in [5.41, 5.74) is 3.87. The fourth-order valence-electron chi connectivity index (χ4n) is 4.23. The van der Waals surface area contributed by atoms with Crippen molar-refractivity contribution in [1.82, 2.24) is 19.3 Å². The number of thiophene rings is 1. The highest BCUT2D eigenvalue weighted by atomic mass is 32.1. The number of anilines is 1. The lowest BCUT2D eigenvalue weighted by Gasteiger charge is -2.18. The van der Waals surface area contributed by atoms with E-state index in [-0.39, 0.29) is 16.9 Å². The fraction of sp³-hybridized carbons (Fsp3) is 0.148. The number of nitrogens with zero attached hydrogens (tertiary/aromatic N) is 5. The molecule has 178 valence electrons. The van der Waals surface area contributed by atoms with Gasteiger partial charge >= 0.3 is 0 Å². The number of carbonyl (C=O) groups is 1. The number of nitriles is 1. The van der Waals surface area contributed by atoms with Crippen LogP contribution in [0.4, 0.5) is 5.82 Å². The van der Waals surface area contributed by atoms with Crippen LogP contribution < -0.4 is 10.9 Å². The number of amides is 1. The molecule has 0 radical (unpaired) electrons. The van der Waals surface area contributed by atoms with E-state index in [1.807, 2.05) is 60.8 Å². The van der Waals surface area contributed by atoms with Crippen LogP contribution in [0.1, 0.15) is 24.9 Å². The molecule has 1 atom stereocenters. The normalized spacial score (nSPS) is 11.8. The van der Waals surface area contributed by atoms with Gasteiger partial charge in [-0.1, -0.05) is 61.5 Å². The lowest BCUT2D eigenvalue weighted by atomic mass is 10.0. The molecule has 3 aromatic heterocycles. The number of nitrogens with one attached hydrogen (secondary N) is 1. The van der Waals surface area contributed by atoms with Gasteiger partial charge in [0.05, 0.1) is 17.9 Å². The lowest BCUT2D eigenvalue weighted by Crippen LogP contribution is -2.33. The van der Waals surface area contributed by atoms with Crippen LogP contribution in [0.25, 0.3) is 32.5 Å². The summed E-state index contributed by atoms with van der Waals surface area (Å²) in [6.45, 7) is 1.83. The Labute approximate surface area is 211 Å². The molecule has 1 N–H and O–H groups in total. The zero-order valence-electron chi connectivity index (χ0n) is 19.7. The molecule has 1 amide bonds. The highest BCUT2D eigenvalue weighted by Crippen LogP contribution is 2.32. The molecular weight excluding hydrogens is 472 g/mol. The Bertz CT molecular complexity index is 1660. The standard InChI is InChI=1S/C27H22N6O2S/c1-3-22(25(34)31-24-20(13-28)14-30-32(24)2)33-16-29-26-23(27(33)35)21(15-36-26)19-11-9-18(10-12-19)17-7-5-4-6-8-17/h4-12,14-16,22H,3H2,1-2H3,(H,31,34). The number of rotatable bonds is 6. The number of carbonyl (C=O) groups excluding carboxylic acids is 1. The van der Waals surface area contributed by atoms with Gasteiger partial charge in [-0.25, -0.2) is 4.98 Å². The average Bonchev–Trinajstić information content (AvgIpc) is 3.50. The Morgan fingerprint density at radius 2 is 1.81 bits per heavy atom. The van der Waals surface area contributed by atoms with Crippen LogP contribution in [-0.2, 0) is 11.8 Å². The first-order valence-electron chi connectivity index (χ1n) is 11.4. The molecule has 0 fully saturated rings. The summed E-state index contributed by atoms with van der Waals surface area (Å²) in [6, 6.07) is 19.4. The van der Waals surface area contributed by atoms with E-state index in [0.29, 0.717) is 16.6 Å². The van der Waals surface area contributed by atoms with Crippen molar-refractivity contribution in [1.29, 1.82) is 5.26 Å². The second-order valence-electron chi connectivity index (χ2n) is 8.29. The molecule has 0 bridgehead atoms. The Morgan fingerprint density at radius 3 is 2.50 bits per heavy atom. The summed E-state index contributed by atoms with van der Waals surface area (Å²) in [6.07, 6.45) is 3.17. The second kappa shape index (κ2) is 9.60. The van der Waals surface area contributed by atoms with Crippen molar-refractivity contribution in [2.24, 2.45) is 7.05 Å². The van der Waals surface area contributed by atoms with Crippen LogP contribution in [0.3, 0.4) is 0 Å². The summed E-state index contributed by atoms with van der Waals surface area (Å²) in [5, 5.41) is 18.5. The van der Waals surface area contributed by atoms with Crippen molar-refractivity contribution in [3.63, 3.8) is 0 Å². The maximum atomic E-state index is 13.6. The van der Waals surface area contributed by atoms with Gasteiger partial charge in [-0.15, -0.1) is 11.3 Å². The van der Waals surface area contributed by atoms with Crippen molar-refractivity contribution in [3.8, 4) is 28.3 Å². The first-order valence-corrected chi connectivity index (χ1v) is 12.3. The third-order valence-electron chi connectivity index (χ3n) is 6.15. The molecule has 0 saturated carbocycles. The van der Waals surface area contributed by atoms with Crippen molar-refractivity contribution in [3.05, 3.63) is 88.4 Å². The molecule has 0 aliphatic heterocycles. The third-order valence-corrected chi connectivity index (χ3v) is 7.03. The quantitative estimate of drug-likeness (QED) is 0.358. The highest BCUT2D eigenvalue weighted by molar-refractivity contribution is 7.17. The molecule has 5 rings (SSSR count). The van der Waals surface area contributed by atoms with Crippen LogP contribution >= 0.6 is 11.3 Å². The minimum Gasteiger partial charge on any atom is -0.308 e. The summed E-state index contributed by atoms with van der Waals surface area (Å²) < 4.78 is 2.79. The Morgan fingerprint density at radius 1 is 1.11 bits per heavy atom. The van der Waals surface area contributed by atoms with E-state index in [0.717, 1.165) is 22.3 Å². The number of hydrogen-bond donors (Lipinski definition) is 1. The molecule has 3 heterocycles. The molecule has 8 nitrogen and oxygen atoms in total. The minimum absolute atomic E-state index is 0.251. The van der Waals surface area contributed by atoms with Gasteiger partial charge in [0.1, 0.15) is 28.3 Å². The number of benzene rings is 2. The summed E-state index contributed by atoms with van der Waals surface area (Å²) in [7, 11) is 1.64. The van der Waals surface area contributed by atoms with Gasteiger partial charge in [-0.3, -0.25) is 18.8 Å². The molecular formula is C27H22N6O2S. The summed E-state index contributed by atoms with van der Waals surface area (Å²) >= 11 is 1.40. The van der Waals surface area contributed by atoms with Crippen molar-refractivity contribution in [2.45, 2.75) is 19.4 Å². The first-order chi connectivity index (χ1) is 17.5. The highest BCUT2D eigenvalue weighted by Gasteiger charge is 2.24. The van der Waals surface area contributed by atoms with Gasteiger partial charge in [0, 0.05) is 18.0 Å². The van der Waals surface area contributed by atoms with E-state index < -0.39 is 11.9 Å². The minimum atomic E-state index is -0.802. The number of hydrogen-bond acceptors (Lipinski definition) is 6. The van der Waals surface area contributed by atoms with Crippen LogP contribution in [0.15, 0.2) is 77.3 Å². The van der Waals surface area contributed by atoms with E-state index in [1.54, 1.807) is 7.05 Å². The monoisotopic (exact) mass is 494 g/mol. The zero-order valence-corrected chi connectivity index (χ0v) is 20.5. The second-order valence-corrected chi connectivity index (χ2v) is 9.14. The molecule has 9 heteroatoms. The van der Waals surface area contributed by atoms with E-state index in [9.17, 15) is 14.9 Å². The molecule has 2 aromatic carbocycles. The van der Waals surface area contributed by atoms with E-state index in [4.69, 9.17) is 0 Å². The van der Waals surface area contributed by atoms with Crippen LogP contribution in [0, 0.1) is 11.3 Å². The molecule has 0 aliphatic carbocycles. The topological polar surface area (TPSA) is 106 Å². The number of fused-ring (bicyclic) bond motifs is 1. The fourth-order valence-corrected chi connectivity index (χ4v) is 5.14. The van der Waals surface area contributed by atoms with Crippen LogP contribution in [0.2, 0.25) is 0 Å². The predicted molar refractivity (Wildman–Crippen MR) is 141 cm³/mol. The van der Waals surface area contributed by atoms with Crippen molar-refractivity contribution in [2.75, 3.05) is 5.32 Å². The van der Waals surface area contributed by atoms with Gasteiger partial charge < -0.3 is 5.32 Å². The van der Waals surface area contributed by atoms with Gasteiger partial charge in [0.15, 0.2) is 0 Å². The van der Waals surface area contributed by atoms with Gasteiger partial charge in [-0.2, -0.15) is 10.4 Å². The number of aromatic nitrogens is 4. The average molecular weight is 495 g/mol. The molecule has 0 spiro atoms. The van der Waals surface area contributed by atoms with Gasteiger partial charge in [0.25, 0.3) is 5.56 Å². The van der Waals surface area contributed by atoms with Crippen molar-refractivity contribution >= 4 is 33.3 Å². The lowest BCUT2D eigenvalue weighted by molar-refractivity contribution is -0.119. The van der Waals surface area contributed by atoms with E-state index in [1.165, 1.54) is 33.1 Å². The van der Waals surface area contributed by atoms with Crippen LogP contribution in [0.5, 0.6) is 0 Å². The summed E-state index contributed by atoms with van der Waals surface area (Å²) in [5.74, 6) is -0.123. The smallest absolute Gasteiger partial charge is 0.263 e. The third kappa shape index (κ3) is 4.08.